The molecule has 2 rings (SSSR count). The Bertz CT molecular complexity index is 644. The molecule has 1 aromatic carbocycles. The van der Waals surface area contributed by atoms with E-state index in [9.17, 15) is 14.4 Å². The fourth-order valence-electron chi connectivity index (χ4n) is 2.95. The third-order valence-electron chi connectivity index (χ3n) is 4.72. The van der Waals surface area contributed by atoms with Gasteiger partial charge in [-0.2, -0.15) is 0 Å². The fourth-order valence-corrected chi connectivity index (χ4v) is 2.95. The third kappa shape index (κ3) is 4.59. The van der Waals surface area contributed by atoms with Gasteiger partial charge in [-0.1, -0.05) is 38.1 Å². The maximum Gasteiger partial charge on any atom is 0.307 e. The molecule has 1 aliphatic heterocycles. The van der Waals surface area contributed by atoms with Crippen molar-refractivity contribution in [1.82, 2.24) is 10.2 Å². The molecule has 25 heavy (non-hydrogen) atoms. The number of ether oxygens (including phenoxy) is 1. The van der Waals surface area contributed by atoms with Gasteiger partial charge in [-0.15, -0.1) is 0 Å². The Morgan fingerprint density at radius 2 is 1.96 bits per heavy atom. The second-order valence-corrected chi connectivity index (χ2v) is 6.38. The monoisotopic (exact) mass is 346 g/mol. The molecule has 0 aliphatic carbocycles. The lowest BCUT2D eigenvalue weighted by Crippen LogP contribution is -2.54. The van der Waals surface area contributed by atoms with Crippen LogP contribution in [0.25, 0.3) is 0 Å². The molecular formula is C19H26N2O4. The number of nitrogens with zero attached hydrogens (tertiary/aromatic N) is 1. The van der Waals surface area contributed by atoms with E-state index in [-0.39, 0.29) is 36.7 Å². The maximum absolute atomic E-state index is 12.8. The van der Waals surface area contributed by atoms with Crippen LogP contribution in [0, 0.1) is 5.92 Å². The first-order valence-corrected chi connectivity index (χ1v) is 8.69. The highest BCUT2D eigenvalue weighted by molar-refractivity contribution is 5.89. The molecule has 0 fully saturated rings. The zero-order chi connectivity index (χ0) is 18.4. The Kier molecular flexibility index (Phi) is 6.56. The van der Waals surface area contributed by atoms with E-state index < -0.39 is 6.04 Å². The van der Waals surface area contributed by atoms with Gasteiger partial charge in [-0.3, -0.25) is 14.4 Å². The van der Waals surface area contributed by atoms with E-state index >= 15 is 0 Å². The van der Waals surface area contributed by atoms with Crippen molar-refractivity contribution in [2.45, 2.75) is 45.7 Å². The first kappa shape index (κ1) is 19.0. The molecule has 136 valence electrons. The topological polar surface area (TPSA) is 75.7 Å². The largest absolute Gasteiger partial charge is 0.469 e. The number of esters is 1. The lowest BCUT2D eigenvalue weighted by atomic mass is 9.92. The van der Waals surface area contributed by atoms with Crippen LogP contribution in [-0.2, 0) is 32.1 Å². The fraction of sp³-hybridized carbons (Fsp3) is 0.526. The number of hydrogen-bond acceptors (Lipinski definition) is 4. The molecule has 1 heterocycles. The van der Waals surface area contributed by atoms with Crippen molar-refractivity contribution in [2.75, 3.05) is 13.7 Å². The van der Waals surface area contributed by atoms with Crippen LogP contribution >= 0.6 is 0 Å². The summed E-state index contributed by atoms with van der Waals surface area (Å²) in [5.74, 6) is -0.738. The molecule has 0 bridgehead atoms. The van der Waals surface area contributed by atoms with Crippen molar-refractivity contribution in [2.24, 2.45) is 5.92 Å². The number of carbonyl (C=O) groups excluding carboxylic acids is 3. The summed E-state index contributed by atoms with van der Waals surface area (Å²) in [4.78, 5) is 38.3. The Hall–Kier alpha value is -2.37. The van der Waals surface area contributed by atoms with E-state index in [1.165, 1.54) is 7.11 Å². The van der Waals surface area contributed by atoms with E-state index in [4.69, 9.17) is 0 Å². The normalized spacial score (nSPS) is 17.4. The molecular weight excluding hydrogens is 320 g/mol. The van der Waals surface area contributed by atoms with Gasteiger partial charge in [0.25, 0.3) is 0 Å². The molecule has 1 aliphatic rings. The number of fused-ring (bicyclic) bond motifs is 1. The average molecular weight is 346 g/mol. The first-order valence-electron chi connectivity index (χ1n) is 8.69. The van der Waals surface area contributed by atoms with Crippen LogP contribution < -0.4 is 5.32 Å². The van der Waals surface area contributed by atoms with Crippen molar-refractivity contribution in [3.63, 3.8) is 0 Å². The van der Waals surface area contributed by atoms with Crippen molar-refractivity contribution >= 4 is 17.8 Å². The third-order valence-corrected chi connectivity index (χ3v) is 4.72. The van der Waals surface area contributed by atoms with E-state index in [1.807, 2.05) is 38.1 Å². The van der Waals surface area contributed by atoms with Gasteiger partial charge in [0.05, 0.1) is 13.5 Å². The van der Waals surface area contributed by atoms with E-state index in [0.29, 0.717) is 13.0 Å². The van der Waals surface area contributed by atoms with Gasteiger partial charge in [-0.05, 0) is 17.5 Å². The molecule has 6 nitrogen and oxygen atoms in total. The Labute approximate surface area is 148 Å². The molecule has 1 N–H and O–H groups in total. The average Bonchev–Trinajstić information content (AvgIpc) is 2.65. The van der Waals surface area contributed by atoms with Gasteiger partial charge in [0.2, 0.25) is 11.8 Å². The molecule has 0 aromatic heterocycles. The molecule has 0 unspecified atom stereocenters. The maximum atomic E-state index is 12.8. The minimum atomic E-state index is -0.547. The summed E-state index contributed by atoms with van der Waals surface area (Å²) in [6, 6.07) is 7.33. The quantitative estimate of drug-likeness (QED) is 0.795. The summed E-state index contributed by atoms with van der Waals surface area (Å²) in [5, 5.41) is 2.76. The first-order chi connectivity index (χ1) is 12.0. The minimum absolute atomic E-state index is 0.00915. The van der Waals surface area contributed by atoms with E-state index in [2.05, 4.69) is 10.1 Å². The van der Waals surface area contributed by atoms with Crippen LogP contribution in [0.4, 0.5) is 0 Å². The second kappa shape index (κ2) is 8.65. The number of benzene rings is 1. The molecule has 1 aromatic rings. The standard InChI is InChI=1S/C19H26N2O4/c1-4-13(2)19(24)21-12-15-8-6-5-7-14(15)11-16(21)18(23)20-10-9-17(22)25-3/h5-8,13,16H,4,9-12H2,1-3H3,(H,20,23)/t13-,16+/m1/s1. The molecule has 0 spiro atoms. The Balaban J connectivity index is 2.14. The number of rotatable bonds is 6. The Morgan fingerprint density at radius 3 is 2.60 bits per heavy atom. The second-order valence-electron chi connectivity index (χ2n) is 6.38. The van der Waals surface area contributed by atoms with Crippen LogP contribution in [0.15, 0.2) is 24.3 Å². The Morgan fingerprint density at radius 1 is 1.28 bits per heavy atom. The van der Waals surface area contributed by atoms with Gasteiger partial charge in [0, 0.05) is 25.4 Å². The van der Waals surface area contributed by atoms with E-state index in [1.54, 1.807) is 4.90 Å². The highest BCUT2D eigenvalue weighted by Gasteiger charge is 2.35. The highest BCUT2D eigenvalue weighted by Crippen LogP contribution is 2.25. The molecule has 0 saturated carbocycles. The number of hydrogen-bond donors (Lipinski definition) is 1. The lowest BCUT2D eigenvalue weighted by Gasteiger charge is -2.37. The van der Waals surface area contributed by atoms with Gasteiger partial charge in [0.1, 0.15) is 6.04 Å². The minimum Gasteiger partial charge on any atom is -0.469 e. The van der Waals surface area contributed by atoms with Crippen LogP contribution in [0.1, 0.15) is 37.8 Å². The number of methoxy groups -OCH3 is 1. The summed E-state index contributed by atoms with van der Waals surface area (Å²) in [5.41, 5.74) is 2.17. The zero-order valence-corrected chi connectivity index (χ0v) is 15.1. The summed E-state index contributed by atoms with van der Waals surface area (Å²) < 4.78 is 4.57. The van der Waals surface area contributed by atoms with Gasteiger partial charge in [-0.25, -0.2) is 0 Å². The predicted molar refractivity (Wildman–Crippen MR) is 93.6 cm³/mol. The highest BCUT2D eigenvalue weighted by atomic mass is 16.5. The molecule has 0 saturated heterocycles. The zero-order valence-electron chi connectivity index (χ0n) is 15.1. The van der Waals surface area contributed by atoms with Crippen molar-refractivity contribution in [3.8, 4) is 0 Å². The van der Waals surface area contributed by atoms with Gasteiger partial charge in [0.15, 0.2) is 0 Å². The van der Waals surface area contributed by atoms with Gasteiger partial charge < -0.3 is 15.0 Å². The smallest absolute Gasteiger partial charge is 0.307 e. The van der Waals surface area contributed by atoms with Crippen LogP contribution in [0.5, 0.6) is 0 Å². The molecule has 2 amide bonds. The summed E-state index contributed by atoms with van der Waals surface area (Å²) in [6.45, 7) is 4.49. The summed E-state index contributed by atoms with van der Waals surface area (Å²) in [7, 11) is 1.31. The summed E-state index contributed by atoms with van der Waals surface area (Å²) >= 11 is 0. The molecule has 2 atom stereocenters. The lowest BCUT2D eigenvalue weighted by molar-refractivity contribution is -0.145. The van der Waals surface area contributed by atoms with Crippen LogP contribution in [0.3, 0.4) is 0 Å². The SMILES string of the molecule is CC[C@@H](C)C(=O)N1Cc2ccccc2C[C@H]1C(=O)NCCC(=O)OC. The molecule has 0 radical (unpaired) electrons. The number of amides is 2. The van der Waals surface area contributed by atoms with Gasteiger partial charge >= 0.3 is 5.97 Å². The van der Waals surface area contributed by atoms with Crippen LogP contribution in [-0.4, -0.2) is 42.4 Å². The van der Waals surface area contributed by atoms with Crippen molar-refractivity contribution in [3.05, 3.63) is 35.4 Å². The van der Waals surface area contributed by atoms with Crippen LogP contribution in [0.2, 0.25) is 0 Å². The molecule has 6 heteroatoms. The number of carbonyl (C=O) groups is 3. The number of nitrogens with one attached hydrogen (secondary N) is 1. The van der Waals surface area contributed by atoms with E-state index in [0.717, 1.165) is 17.5 Å². The predicted octanol–water partition coefficient (Wildman–Crippen LogP) is 1.67. The summed E-state index contributed by atoms with van der Waals surface area (Å²) in [6.07, 6.45) is 1.33. The van der Waals surface area contributed by atoms with Crippen molar-refractivity contribution in [1.29, 1.82) is 0 Å². The van der Waals surface area contributed by atoms with Crippen molar-refractivity contribution < 1.29 is 19.1 Å².